The molecule has 0 fully saturated rings. The molecule has 0 aliphatic carbocycles. The van der Waals surface area contributed by atoms with Crippen molar-refractivity contribution in [2.45, 2.75) is 32.7 Å². The molecule has 1 rings (SSSR count). The van der Waals surface area contributed by atoms with E-state index in [1.165, 1.54) is 6.07 Å². The second-order valence-electron chi connectivity index (χ2n) is 4.70. The van der Waals surface area contributed by atoms with Gasteiger partial charge in [0.2, 0.25) is 5.91 Å². The van der Waals surface area contributed by atoms with E-state index >= 15 is 0 Å². The zero-order valence-corrected chi connectivity index (χ0v) is 12.3. The first-order chi connectivity index (χ1) is 9.97. The number of nitrogens with one attached hydrogen (secondary N) is 1. The van der Waals surface area contributed by atoms with E-state index in [0.717, 1.165) is 6.42 Å². The van der Waals surface area contributed by atoms with Crippen LogP contribution in [-0.2, 0) is 4.79 Å². The van der Waals surface area contributed by atoms with Gasteiger partial charge in [0.1, 0.15) is 5.75 Å². The molecule has 3 N–H and O–H groups in total. The van der Waals surface area contributed by atoms with Crippen molar-refractivity contribution in [2.75, 3.05) is 13.2 Å². The maximum Gasteiger partial charge on any atom is 0.276 e. The highest BCUT2D eigenvalue weighted by atomic mass is 16.6. The van der Waals surface area contributed by atoms with Crippen LogP contribution in [0.5, 0.6) is 5.75 Å². The Morgan fingerprint density at radius 2 is 2.24 bits per heavy atom. The number of hydrogen-bond acceptors (Lipinski definition) is 5. The van der Waals surface area contributed by atoms with Gasteiger partial charge in [0, 0.05) is 12.5 Å². The number of nitro groups is 1. The van der Waals surface area contributed by atoms with Crippen LogP contribution in [0.1, 0.15) is 25.3 Å². The van der Waals surface area contributed by atoms with Crippen molar-refractivity contribution in [3.05, 3.63) is 33.9 Å². The molecule has 0 spiro atoms. The number of hydrogen-bond donors (Lipinski definition) is 2. The molecule has 0 radical (unpaired) electrons. The maximum atomic E-state index is 11.3. The van der Waals surface area contributed by atoms with E-state index in [9.17, 15) is 14.9 Å². The highest BCUT2D eigenvalue weighted by Crippen LogP contribution is 2.27. The van der Waals surface area contributed by atoms with Crippen molar-refractivity contribution in [3.63, 3.8) is 0 Å². The minimum atomic E-state index is -0.455. The Bertz CT molecular complexity index is 505. The van der Waals surface area contributed by atoms with Crippen LogP contribution >= 0.6 is 0 Å². The topological polar surface area (TPSA) is 107 Å². The van der Waals surface area contributed by atoms with Crippen molar-refractivity contribution in [1.82, 2.24) is 5.32 Å². The lowest BCUT2D eigenvalue weighted by Gasteiger charge is -2.16. The van der Waals surface area contributed by atoms with Crippen LogP contribution in [0, 0.1) is 17.0 Å². The third-order valence-electron chi connectivity index (χ3n) is 3.10. The quantitative estimate of drug-likeness (QED) is 0.530. The SMILES string of the molecule is CCCNC(CCOc1cccc([N+](=O)[O-])c1C)C(N)=O. The second-order valence-corrected chi connectivity index (χ2v) is 4.70. The second kappa shape index (κ2) is 8.21. The monoisotopic (exact) mass is 295 g/mol. The van der Waals surface area contributed by atoms with Gasteiger partial charge in [-0.15, -0.1) is 0 Å². The Labute approximate surface area is 123 Å². The van der Waals surface area contributed by atoms with E-state index in [2.05, 4.69) is 5.32 Å². The Morgan fingerprint density at radius 3 is 2.81 bits per heavy atom. The van der Waals surface area contributed by atoms with Gasteiger partial charge in [-0.25, -0.2) is 0 Å². The number of carbonyl (C=O) groups is 1. The number of rotatable bonds is 9. The van der Waals surface area contributed by atoms with Gasteiger partial charge < -0.3 is 15.8 Å². The van der Waals surface area contributed by atoms with Gasteiger partial charge in [-0.1, -0.05) is 13.0 Å². The minimum absolute atomic E-state index is 0.0167. The average Bonchev–Trinajstić information content (AvgIpc) is 2.43. The summed E-state index contributed by atoms with van der Waals surface area (Å²) in [4.78, 5) is 21.7. The molecule has 1 aromatic carbocycles. The van der Waals surface area contributed by atoms with Crippen LogP contribution in [0.25, 0.3) is 0 Å². The summed E-state index contributed by atoms with van der Waals surface area (Å²) in [6, 6.07) is 4.21. The first-order valence-electron chi connectivity index (χ1n) is 6.86. The molecular weight excluding hydrogens is 274 g/mol. The summed E-state index contributed by atoms with van der Waals surface area (Å²) in [7, 11) is 0. The third kappa shape index (κ3) is 5.03. The standard InChI is InChI=1S/C14H21N3O4/c1-3-8-16-11(14(15)18)7-9-21-13-6-4-5-12(10(13)2)17(19)20/h4-6,11,16H,3,7-9H2,1-2H3,(H2,15,18). The van der Waals surface area contributed by atoms with Crippen LogP contribution < -0.4 is 15.8 Å². The fourth-order valence-corrected chi connectivity index (χ4v) is 1.91. The predicted octanol–water partition coefficient (Wildman–Crippen LogP) is 1.53. The smallest absolute Gasteiger partial charge is 0.276 e. The van der Waals surface area contributed by atoms with Crippen LogP contribution in [0.15, 0.2) is 18.2 Å². The van der Waals surface area contributed by atoms with Gasteiger partial charge in [0.05, 0.1) is 23.1 Å². The molecular formula is C14H21N3O4. The predicted molar refractivity (Wildman–Crippen MR) is 79.2 cm³/mol. The fourth-order valence-electron chi connectivity index (χ4n) is 1.91. The summed E-state index contributed by atoms with van der Waals surface area (Å²) in [6.45, 7) is 4.58. The lowest BCUT2D eigenvalue weighted by atomic mass is 10.1. The number of amides is 1. The molecule has 0 saturated carbocycles. The summed E-state index contributed by atoms with van der Waals surface area (Å²) in [5, 5.41) is 13.9. The van der Waals surface area contributed by atoms with E-state index in [1.807, 2.05) is 6.92 Å². The van der Waals surface area contributed by atoms with E-state index in [1.54, 1.807) is 19.1 Å². The molecule has 0 saturated heterocycles. The maximum absolute atomic E-state index is 11.3. The summed E-state index contributed by atoms with van der Waals surface area (Å²) in [5.74, 6) is 0.0192. The largest absolute Gasteiger partial charge is 0.493 e. The number of ether oxygens (including phenoxy) is 1. The zero-order chi connectivity index (χ0) is 15.8. The Hall–Kier alpha value is -2.15. The molecule has 1 unspecified atom stereocenters. The number of nitrogens with zero attached hydrogens (tertiary/aromatic N) is 1. The molecule has 0 bridgehead atoms. The van der Waals surface area contributed by atoms with Gasteiger partial charge in [0.25, 0.3) is 5.69 Å². The van der Waals surface area contributed by atoms with E-state index in [0.29, 0.717) is 24.3 Å². The highest BCUT2D eigenvalue weighted by molar-refractivity contribution is 5.79. The first kappa shape index (κ1) is 16.9. The highest BCUT2D eigenvalue weighted by Gasteiger charge is 2.16. The molecule has 0 aromatic heterocycles. The minimum Gasteiger partial charge on any atom is -0.493 e. The zero-order valence-electron chi connectivity index (χ0n) is 12.3. The Morgan fingerprint density at radius 1 is 1.52 bits per heavy atom. The van der Waals surface area contributed by atoms with Crippen LogP contribution in [0.2, 0.25) is 0 Å². The van der Waals surface area contributed by atoms with E-state index < -0.39 is 16.9 Å². The lowest BCUT2D eigenvalue weighted by molar-refractivity contribution is -0.385. The van der Waals surface area contributed by atoms with Crippen molar-refractivity contribution in [2.24, 2.45) is 5.73 Å². The summed E-state index contributed by atoms with van der Waals surface area (Å²) in [5.41, 5.74) is 5.79. The van der Waals surface area contributed by atoms with Crippen LogP contribution in [-0.4, -0.2) is 30.0 Å². The van der Waals surface area contributed by atoms with E-state index in [-0.39, 0.29) is 12.3 Å². The fraction of sp³-hybridized carbons (Fsp3) is 0.500. The summed E-state index contributed by atoms with van der Waals surface area (Å²) in [6.07, 6.45) is 1.31. The van der Waals surface area contributed by atoms with Crippen molar-refractivity contribution in [3.8, 4) is 5.75 Å². The molecule has 0 aliphatic rings. The molecule has 1 aromatic rings. The van der Waals surface area contributed by atoms with Crippen LogP contribution in [0.4, 0.5) is 5.69 Å². The van der Waals surface area contributed by atoms with E-state index in [4.69, 9.17) is 10.5 Å². The molecule has 0 heterocycles. The van der Waals surface area contributed by atoms with Crippen molar-refractivity contribution in [1.29, 1.82) is 0 Å². The van der Waals surface area contributed by atoms with Gasteiger partial charge in [-0.05, 0) is 26.0 Å². The Balaban J connectivity index is 2.61. The van der Waals surface area contributed by atoms with Crippen molar-refractivity contribution < 1.29 is 14.5 Å². The van der Waals surface area contributed by atoms with Gasteiger partial charge in [-0.3, -0.25) is 14.9 Å². The average molecular weight is 295 g/mol. The molecule has 116 valence electrons. The van der Waals surface area contributed by atoms with Gasteiger partial charge in [-0.2, -0.15) is 0 Å². The number of nitrogens with two attached hydrogens (primary N) is 1. The number of carbonyl (C=O) groups excluding carboxylic acids is 1. The number of primary amides is 1. The Kier molecular flexibility index (Phi) is 6.61. The molecule has 0 aliphatic heterocycles. The lowest BCUT2D eigenvalue weighted by Crippen LogP contribution is -2.42. The molecule has 7 nitrogen and oxygen atoms in total. The van der Waals surface area contributed by atoms with Gasteiger partial charge >= 0.3 is 0 Å². The number of benzene rings is 1. The van der Waals surface area contributed by atoms with Crippen molar-refractivity contribution >= 4 is 11.6 Å². The third-order valence-corrected chi connectivity index (χ3v) is 3.10. The molecule has 21 heavy (non-hydrogen) atoms. The molecule has 1 amide bonds. The number of nitro benzene ring substituents is 1. The summed E-state index contributed by atoms with van der Waals surface area (Å²) < 4.78 is 5.54. The first-order valence-corrected chi connectivity index (χ1v) is 6.86. The van der Waals surface area contributed by atoms with Crippen LogP contribution in [0.3, 0.4) is 0 Å². The molecule has 7 heteroatoms. The van der Waals surface area contributed by atoms with Gasteiger partial charge in [0.15, 0.2) is 0 Å². The normalized spacial score (nSPS) is 11.9. The summed E-state index contributed by atoms with van der Waals surface area (Å²) >= 11 is 0. The molecule has 1 atom stereocenters.